The van der Waals surface area contributed by atoms with E-state index < -0.39 is 5.97 Å². The zero-order valence-electron chi connectivity index (χ0n) is 6.10. The minimum Gasteiger partial charge on any atom is -0.476 e. The van der Waals surface area contributed by atoms with Gasteiger partial charge in [-0.1, -0.05) is 0 Å². The van der Waals surface area contributed by atoms with Gasteiger partial charge in [0.2, 0.25) is 0 Å². The van der Waals surface area contributed by atoms with E-state index in [0.29, 0.717) is 10.8 Å². The van der Waals surface area contributed by atoms with Crippen molar-refractivity contribution in [2.24, 2.45) is 5.73 Å². The zero-order chi connectivity index (χ0) is 9.14. The average molecular weight is 204 g/mol. The van der Waals surface area contributed by atoms with E-state index in [-0.39, 0.29) is 11.7 Å². The van der Waals surface area contributed by atoms with Crippen molar-refractivity contribution in [1.82, 2.24) is 4.98 Å². The Balaban J connectivity index is 2.84. The van der Waals surface area contributed by atoms with Crippen molar-refractivity contribution in [3.8, 4) is 0 Å². The molecular formula is C6H8N2O2S2. The summed E-state index contributed by atoms with van der Waals surface area (Å²) in [6.45, 7) is 0. The van der Waals surface area contributed by atoms with Gasteiger partial charge in [-0.15, -0.1) is 11.3 Å². The molecule has 0 spiro atoms. The fourth-order valence-corrected chi connectivity index (χ4v) is 1.73. The third kappa shape index (κ3) is 1.96. The van der Waals surface area contributed by atoms with Crippen molar-refractivity contribution in [3.05, 3.63) is 16.1 Å². The monoisotopic (exact) mass is 204 g/mol. The molecule has 0 saturated carbocycles. The summed E-state index contributed by atoms with van der Waals surface area (Å²) in [4.78, 5) is 14.2. The molecule has 1 atom stereocenters. The van der Waals surface area contributed by atoms with Crippen LogP contribution in [0.3, 0.4) is 0 Å². The van der Waals surface area contributed by atoms with Crippen molar-refractivity contribution in [2.45, 2.75) is 6.04 Å². The smallest absolute Gasteiger partial charge is 0.355 e. The lowest BCUT2D eigenvalue weighted by molar-refractivity contribution is 0.0691. The Morgan fingerprint density at radius 2 is 2.58 bits per heavy atom. The standard InChI is InChI=1S/C6H8N2O2S2/c7-3(1-11)5-8-4(2-12-5)6(9)10/h2-3,11H,1,7H2,(H,9,10)/t3-/m1/s1. The number of nitrogens with two attached hydrogens (primary N) is 1. The first-order chi connectivity index (χ1) is 5.65. The molecule has 12 heavy (non-hydrogen) atoms. The van der Waals surface area contributed by atoms with Crippen LogP contribution in [0.1, 0.15) is 21.5 Å². The Labute approximate surface area is 78.8 Å². The second-order valence-corrected chi connectivity index (χ2v) is 3.42. The summed E-state index contributed by atoms with van der Waals surface area (Å²) in [5.74, 6) is -0.559. The van der Waals surface area contributed by atoms with Crippen LogP contribution in [0.15, 0.2) is 5.38 Å². The van der Waals surface area contributed by atoms with Gasteiger partial charge in [-0.2, -0.15) is 12.6 Å². The highest BCUT2D eigenvalue weighted by Gasteiger charge is 2.12. The topological polar surface area (TPSA) is 76.2 Å². The number of aromatic carboxylic acids is 1. The fourth-order valence-electron chi connectivity index (χ4n) is 0.634. The van der Waals surface area contributed by atoms with Gasteiger partial charge in [0.15, 0.2) is 5.69 Å². The molecule has 66 valence electrons. The third-order valence-electron chi connectivity index (χ3n) is 1.25. The highest BCUT2D eigenvalue weighted by Crippen LogP contribution is 2.16. The molecule has 0 aliphatic rings. The Bertz CT molecular complexity index is 287. The number of thiol groups is 1. The van der Waals surface area contributed by atoms with Gasteiger partial charge in [-0.05, 0) is 0 Å². The Kier molecular flexibility index (Phi) is 3.07. The van der Waals surface area contributed by atoms with Gasteiger partial charge < -0.3 is 10.8 Å². The van der Waals surface area contributed by atoms with E-state index in [1.165, 1.54) is 16.7 Å². The van der Waals surface area contributed by atoms with Crippen LogP contribution < -0.4 is 5.73 Å². The van der Waals surface area contributed by atoms with Crippen molar-refractivity contribution >= 4 is 29.9 Å². The first-order valence-corrected chi connectivity index (χ1v) is 4.71. The number of nitrogens with zero attached hydrogens (tertiary/aromatic N) is 1. The number of carboxylic acid groups (broad SMARTS) is 1. The number of carbonyl (C=O) groups is 1. The first kappa shape index (κ1) is 9.50. The highest BCUT2D eigenvalue weighted by atomic mass is 32.1. The second-order valence-electron chi connectivity index (χ2n) is 2.17. The van der Waals surface area contributed by atoms with Gasteiger partial charge in [0, 0.05) is 11.1 Å². The van der Waals surface area contributed by atoms with Gasteiger partial charge in [-0.25, -0.2) is 9.78 Å². The predicted molar refractivity (Wildman–Crippen MR) is 49.9 cm³/mol. The van der Waals surface area contributed by atoms with Crippen LogP contribution in [0.2, 0.25) is 0 Å². The number of aromatic nitrogens is 1. The second kappa shape index (κ2) is 3.88. The van der Waals surface area contributed by atoms with E-state index >= 15 is 0 Å². The normalized spacial score (nSPS) is 12.8. The van der Waals surface area contributed by atoms with Crippen molar-refractivity contribution < 1.29 is 9.90 Å². The van der Waals surface area contributed by atoms with Crippen LogP contribution in [-0.2, 0) is 0 Å². The summed E-state index contributed by atoms with van der Waals surface area (Å²) in [7, 11) is 0. The van der Waals surface area contributed by atoms with Crippen LogP contribution in [0.25, 0.3) is 0 Å². The molecule has 0 aliphatic carbocycles. The van der Waals surface area contributed by atoms with Gasteiger partial charge in [0.25, 0.3) is 0 Å². The van der Waals surface area contributed by atoms with E-state index in [9.17, 15) is 4.79 Å². The predicted octanol–water partition coefficient (Wildman–Crippen LogP) is 0.771. The van der Waals surface area contributed by atoms with Crippen molar-refractivity contribution in [2.75, 3.05) is 5.75 Å². The minimum absolute atomic E-state index is 0.0484. The van der Waals surface area contributed by atoms with E-state index in [4.69, 9.17) is 10.8 Å². The Hall–Kier alpha value is -0.590. The van der Waals surface area contributed by atoms with E-state index in [1.807, 2.05) is 0 Å². The largest absolute Gasteiger partial charge is 0.476 e. The van der Waals surface area contributed by atoms with Crippen LogP contribution in [-0.4, -0.2) is 21.8 Å². The maximum Gasteiger partial charge on any atom is 0.355 e. The maximum absolute atomic E-state index is 10.4. The molecule has 1 aromatic heterocycles. The molecule has 0 aliphatic heterocycles. The van der Waals surface area contributed by atoms with Gasteiger partial charge >= 0.3 is 5.97 Å². The quantitative estimate of drug-likeness (QED) is 0.636. The molecule has 0 bridgehead atoms. The van der Waals surface area contributed by atoms with Gasteiger partial charge in [0.1, 0.15) is 5.01 Å². The lowest BCUT2D eigenvalue weighted by Crippen LogP contribution is -2.11. The number of hydrogen-bond acceptors (Lipinski definition) is 5. The lowest BCUT2D eigenvalue weighted by atomic mass is 10.4. The first-order valence-electron chi connectivity index (χ1n) is 3.20. The van der Waals surface area contributed by atoms with Crippen LogP contribution >= 0.6 is 24.0 Å². The maximum atomic E-state index is 10.4. The third-order valence-corrected chi connectivity index (χ3v) is 2.62. The number of rotatable bonds is 3. The molecule has 0 unspecified atom stereocenters. The summed E-state index contributed by atoms with van der Waals surface area (Å²) >= 11 is 5.23. The summed E-state index contributed by atoms with van der Waals surface area (Å²) in [6.07, 6.45) is 0. The zero-order valence-corrected chi connectivity index (χ0v) is 7.81. The molecule has 1 aromatic rings. The molecule has 1 heterocycles. The summed E-state index contributed by atoms with van der Waals surface area (Å²) in [6, 6.07) is -0.272. The average Bonchev–Trinajstić information content (AvgIpc) is 2.51. The molecule has 1 rings (SSSR count). The Morgan fingerprint density at radius 3 is 3.00 bits per heavy atom. The molecule has 4 nitrogen and oxygen atoms in total. The van der Waals surface area contributed by atoms with E-state index in [0.717, 1.165) is 0 Å². The number of thiazole rings is 1. The molecule has 0 aromatic carbocycles. The molecule has 0 saturated heterocycles. The summed E-state index contributed by atoms with van der Waals surface area (Å²) < 4.78 is 0. The summed E-state index contributed by atoms with van der Waals surface area (Å²) in [5, 5.41) is 10.6. The van der Waals surface area contributed by atoms with E-state index in [2.05, 4.69) is 17.6 Å². The van der Waals surface area contributed by atoms with Crippen LogP contribution in [0.4, 0.5) is 0 Å². The van der Waals surface area contributed by atoms with Gasteiger partial charge in [0.05, 0.1) is 6.04 Å². The Morgan fingerprint density at radius 1 is 1.92 bits per heavy atom. The lowest BCUT2D eigenvalue weighted by Gasteiger charge is -2.01. The molecule has 3 N–H and O–H groups in total. The van der Waals surface area contributed by atoms with Crippen LogP contribution in [0, 0.1) is 0 Å². The van der Waals surface area contributed by atoms with Crippen molar-refractivity contribution in [3.63, 3.8) is 0 Å². The summed E-state index contributed by atoms with van der Waals surface area (Å²) in [5.41, 5.74) is 5.63. The van der Waals surface area contributed by atoms with E-state index in [1.54, 1.807) is 0 Å². The highest BCUT2D eigenvalue weighted by molar-refractivity contribution is 7.80. The SMILES string of the molecule is N[C@H](CS)c1nc(C(=O)O)cs1. The molecular weight excluding hydrogens is 196 g/mol. The van der Waals surface area contributed by atoms with Gasteiger partial charge in [-0.3, -0.25) is 0 Å². The molecule has 6 heteroatoms. The fraction of sp³-hybridized carbons (Fsp3) is 0.333. The minimum atomic E-state index is -1.02. The number of carboxylic acids is 1. The molecule has 0 radical (unpaired) electrons. The number of hydrogen-bond donors (Lipinski definition) is 3. The van der Waals surface area contributed by atoms with Crippen LogP contribution in [0.5, 0.6) is 0 Å². The molecule has 0 amide bonds. The molecule has 0 fully saturated rings. The van der Waals surface area contributed by atoms with Crippen molar-refractivity contribution in [1.29, 1.82) is 0 Å².